The molecule has 0 bridgehead atoms. The van der Waals surface area contributed by atoms with Gasteiger partial charge in [-0.3, -0.25) is 4.79 Å². The van der Waals surface area contributed by atoms with E-state index in [0.29, 0.717) is 12.0 Å². The van der Waals surface area contributed by atoms with E-state index in [2.05, 4.69) is 4.37 Å². The maximum atomic E-state index is 12.6. The summed E-state index contributed by atoms with van der Waals surface area (Å²) in [6.45, 7) is 0. The van der Waals surface area contributed by atoms with Crippen molar-refractivity contribution in [3.05, 3.63) is 41.8 Å². The molecule has 1 heterocycles. The number of aromatic nitrogens is 1. The van der Waals surface area contributed by atoms with Crippen molar-refractivity contribution in [3.63, 3.8) is 0 Å². The van der Waals surface area contributed by atoms with Gasteiger partial charge in [0.25, 0.3) is 0 Å². The van der Waals surface area contributed by atoms with Gasteiger partial charge in [-0.15, -0.1) is 0 Å². The predicted molar refractivity (Wildman–Crippen MR) is 52.9 cm³/mol. The summed E-state index contributed by atoms with van der Waals surface area (Å²) < 4.78 is 16.5. The Bertz CT molecular complexity index is 449. The third kappa shape index (κ3) is 1.70. The van der Waals surface area contributed by atoms with Crippen LogP contribution in [0.3, 0.4) is 0 Å². The Hall–Kier alpha value is -1.55. The number of halogens is 1. The van der Waals surface area contributed by atoms with E-state index in [-0.39, 0.29) is 5.82 Å². The molecule has 2 nitrogen and oxygen atoms in total. The van der Waals surface area contributed by atoms with Crippen LogP contribution in [0.5, 0.6) is 0 Å². The van der Waals surface area contributed by atoms with Gasteiger partial charge in [0.15, 0.2) is 6.29 Å². The molecular weight excluding hydrogens is 201 g/mol. The number of hydrogen-bond donors (Lipinski definition) is 0. The zero-order chi connectivity index (χ0) is 9.97. The predicted octanol–water partition coefficient (Wildman–Crippen LogP) is 2.76. The highest BCUT2D eigenvalue weighted by molar-refractivity contribution is 7.09. The molecule has 2 aromatic rings. The first-order valence-corrected chi connectivity index (χ1v) is 4.75. The molecule has 1 aromatic carbocycles. The molecule has 0 unspecified atom stereocenters. The Labute approximate surface area is 84.2 Å². The minimum absolute atomic E-state index is 0.270. The number of aldehydes is 1. The van der Waals surface area contributed by atoms with Gasteiger partial charge in [-0.2, -0.15) is 4.37 Å². The molecule has 0 aliphatic carbocycles. The fourth-order valence-electron chi connectivity index (χ4n) is 1.09. The largest absolute Gasteiger partial charge is 0.296 e. The average Bonchev–Trinajstić information content (AvgIpc) is 2.67. The molecule has 4 heteroatoms. The van der Waals surface area contributed by atoms with E-state index >= 15 is 0 Å². The first kappa shape index (κ1) is 9.02. The van der Waals surface area contributed by atoms with Crippen LogP contribution in [0.2, 0.25) is 0 Å². The molecule has 1 aromatic heterocycles. The average molecular weight is 207 g/mol. The summed E-state index contributed by atoms with van der Waals surface area (Å²) in [5, 5.41) is 0. The SMILES string of the molecule is O=Cc1cc(-c2ccc(F)cc2)sn1. The van der Waals surface area contributed by atoms with Gasteiger partial charge >= 0.3 is 0 Å². The third-order valence-electron chi connectivity index (χ3n) is 1.78. The van der Waals surface area contributed by atoms with E-state index in [4.69, 9.17) is 0 Å². The van der Waals surface area contributed by atoms with Gasteiger partial charge in [0, 0.05) is 0 Å². The van der Waals surface area contributed by atoms with Crippen molar-refractivity contribution < 1.29 is 9.18 Å². The topological polar surface area (TPSA) is 30.0 Å². The minimum Gasteiger partial charge on any atom is -0.296 e. The number of carbonyl (C=O) groups is 1. The van der Waals surface area contributed by atoms with Crippen molar-refractivity contribution >= 4 is 17.8 Å². The normalized spacial score (nSPS) is 10.1. The van der Waals surface area contributed by atoms with Crippen LogP contribution in [0.25, 0.3) is 10.4 Å². The second-order valence-electron chi connectivity index (χ2n) is 2.74. The fourth-order valence-corrected chi connectivity index (χ4v) is 1.81. The van der Waals surface area contributed by atoms with Crippen LogP contribution in [-0.4, -0.2) is 10.7 Å². The molecule has 0 atom stereocenters. The molecule has 14 heavy (non-hydrogen) atoms. The highest BCUT2D eigenvalue weighted by Gasteiger charge is 2.03. The zero-order valence-electron chi connectivity index (χ0n) is 7.11. The first-order valence-electron chi connectivity index (χ1n) is 3.97. The second-order valence-corrected chi connectivity index (χ2v) is 3.55. The molecular formula is C10H6FNOS. The van der Waals surface area contributed by atoms with Crippen LogP contribution in [0.4, 0.5) is 4.39 Å². The quantitative estimate of drug-likeness (QED) is 0.709. The van der Waals surface area contributed by atoms with Crippen molar-refractivity contribution in [2.45, 2.75) is 0 Å². The Kier molecular flexibility index (Phi) is 2.37. The summed E-state index contributed by atoms with van der Waals surface area (Å²) in [7, 11) is 0. The van der Waals surface area contributed by atoms with E-state index in [1.807, 2.05) is 0 Å². The van der Waals surface area contributed by atoms with E-state index in [1.165, 1.54) is 23.7 Å². The van der Waals surface area contributed by atoms with Crippen molar-refractivity contribution in [1.29, 1.82) is 0 Å². The van der Waals surface area contributed by atoms with Crippen molar-refractivity contribution in [2.24, 2.45) is 0 Å². The summed E-state index contributed by atoms with van der Waals surface area (Å²) in [4.78, 5) is 11.3. The molecule has 0 fully saturated rings. The van der Waals surface area contributed by atoms with Gasteiger partial charge in [-0.25, -0.2) is 4.39 Å². The molecule has 0 spiro atoms. The third-order valence-corrected chi connectivity index (χ3v) is 2.63. The van der Waals surface area contributed by atoms with Gasteiger partial charge in [0.2, 0.25) is 0 Å². The zero-order valence-corrected chi connectivity index (χ0v) is 7.92. The van der Waals surface area contributed by atoms with Crippen LogP contribution in [-0.2, 0) is 0 Å². The molecule has 0 amide bonds. The molecule has 2 rings (SSSR count). The first-order chi connectivity index (χ1) is 6.79. The Morgan fingerprint density at radius 3 is 2.57 bits per heavy atom. The maximum Gasteiger partial charge on any atom is 0.169 e. The second kappa shape index (κ2) is 3.67. The van der Waals surface area contributed by atoms with Crippen LogP contribution >= 0.6 is 11.5 Å². The molecule has 70 valence electrons. The van der Waals surface area contributed by atoms with E-state index in [9.17, 15) is 9.18 Å². The summed E-state index contributed by atoms with van der Waals surface area (Å²) >= 11 is 1.23. The van der Waals surface area contributed by atoms with E-state index in [0.717, 1.165) is 10.4 Å². The highest BCUT2D eigenvalue weighted by atomic mass is 32.1. The van der Waals surface area contributed by atoms with Crippen molar-refractivity contribution in [3.8, 4) is 10.4 Å². The van der Waals surface area contributed by atoms with Crippen molar-refractivity contribution in [1.82, 2.24) is 4.37 Å². The Morgan fingerprint density at radius 1 is 1.29 bits per heavy atom. The summed E-state index contributed by atoms with van der Waals surface area (Å²) in [5.74, 6) is -0.270. The van der Waals surface area contributed by atoms with Gasteiger partial charge in [-0.05, 0) is 35.3 Å². The molecule has 0 N–H and O–H groups in total. The molecule has 0 saturated heterocycles. The van der Waals surface area contributed by atoms with Crippen LogP contribution in [0, 0.1) is 5.82 Å². The van der Waals surface area contributed by atoms with Crippen LogP contribution < -0.4 is 0 Å². The smallest absolute Gasteiger partial charge is 0.169 e. The summed E-state index contributed by atoms with van der Waals surface area (Å²) in [6.07, 6.45) is 0.698. The minimum atomic E-state index is -0.270. The standard InChI is InChI=1S/C10H6FNOS/c11-8-3-1-7(2-4-8)10-5-9(6-13)12-14-10/h1-6H. The van der Waals surface area contributed by atoms with Crippen molar-refractivity contribution in [2.75, 3.05) is 0 Å². The van der Waals surface area contributed by atoms with Crippen LogP contribution in [0.15, 0.2) is 30.3 Å². The van der Waals surface area contributed by atoms with E-state index in [1.54, 1.807) is 18.2 Å². The van der Waals surface area contributed by atoms with Gasteiger partial charge in [-0.1, -0.05) is 12.1 Å². The highest BCUT2D eigenvalue weighted by Crippen LogP contribution is 2.24. The fraction of sp³-hybridized carbons (Fsp3) is 0. The van der Waals surface area contributed by atoms with Gasteiger partial charge < -0.3 is 0 Å². The molecule has 0 aliphatic heterocycles. The maximum absolute atomic E-state index is 12.6. The lowest BCUT2D eigenvalue weighted by Gasteiger charge is -1.94. The lowest BCUT2D eigenvalue weighted by atomic mass is 10.2. The summed E-state index contributed by atoms with van der Waals surface area (Å²) in [5.41, 5.74) is 1.28. The van der Waals surface area contributed by atoms with E-state index < -0.39 is 0 Å². The number of nitrogens with zero attached hydrogens (tertiary/aromatic N) is 1. The monoisotopic (exact) mass is 207 g/mol. The van der Waals surface area contributed by atoms with Gasteiger partial charge in [0.05, 0.1) is 4.88 Å². The van der Waals surface area contributed by atoms with Gasteiger partial charge in [0.1, 0.15) is 11.5 Å². The number of hydrogen-bond acceptors (Lipinski definition) is 3. The number of benzene rings is 1. The lowest BCUT2D eigenvalue weighted by Crippen LogP contribution is -1.75. The Balaban J connectivity index is 2.39. The summed E-state index contributed by atoms with van der Waals surface area (Å²) in [6, 6.07) is 7.78. The molecule has 0 saturated carbocycles. The lowest BCUT2D eigenvalue weighted by molar-refractivity contribution is 0.112. The number of rotatable bonds is 2. The molecule has 0 radical (unpaired) electrons. The number of carbonyl (C=O) groups excluding carboxylic acids is 1. The van der Waals surface area contributed by atoms with Crippen LogP contribution in [0.1, 0.15) is 10.5 Å². The molecule has 0 aliphatic rings. The Morgan fingerprint density at radius 2 is 2.00 bits per heavy atom.